The number of halogens is 1. The highest BCUT2D eigenvalue weighted by Gasteiger charge is 2.29. The van der Waals surface area contributed by atoms with E-state index in [1.54, 1.807) is 24.3 Å². The molecule has 3 rings (SSSR count). The largest absolute Gasteiger partial charge is 0.365 e. The summed E-state index contributed by atoms with van der Waals surface area (Å²) >= 11 is 0. The monoisotopic (exact) mass is 471 g/mol. The van der Waals surface area contributed by atoms with Crippen LogP contribution in [0.5, 0.6) is 5.75 Å². The molecule has 0 amide bonds. The first-order valence-electron chi connectivity index (χ1n) is 9.04. The smallest absolute Gasteiger partial charge is 0.352 e. The van der Waals surface area contributed by atoms with Gasteiger partial charge in [0.2, 0.25) is 0 Å². The van der Waals surface area contributed by atoms with Crippen molar-refractivity contribution in [1.29, 1.82) is 5.26 Å². The number of carbonyl (C=O) groups excluding carboxylic acids is 1. The summed E-state index contributed by atoms with van der Waals surface area (Å²) in [5, 5.41) is 13.1. The van der Waals surface area contributed by atoms with Crippen LogP contribution in [0.1, 0.15) is 5.56 Å². The SMILES string of the molecule is Cn1c(=O)cnn(-c2cc(N(Oc3ccccc3)S(=O)(=O)CC=C=O)c(C#N)cc2F)c1=O. The lowest BCUT2D eigenvalue weighted by atomic mass is 10.1. The van der Waals surface area contributed by atoms with Gasteiger partial charge in [0.05, 0.1) is 5.56 Å². The molecule has 0 saturated carbocycles. The highest BCUT2D eigenvalue weighted by atomic mass is 32.2. The molecule has 33 heavy (non-hydrogen) atoms. The predicted molar refractivity (Wildman–Crippen MR) is 113 cm³/mol. The van der Waals surface area contributed by atoms with Crippen LogP contribution < -0.4 is 20.6 Å². The third kappa shape index (κ3) is 4.72. The highest BCUT2D eigenvalue weighted by Crippen LogP contribution is 2.29. The van der Waals surface area contributed by atoms with Crippen molar-refractivity contribution in [2.75, 3.05) is 10.2 Å². The van der Waals surface area contributed by atoms with Crippen LogP contribution in [-0.2, 0) is 21.9 Å². The van der Waals surface area contributed by atoms with Crippen LogP contribution in [0.15, 0.2) is 64.3 Å². The summed E-state index contributed by atoms with van der Waals surface area (Å²) in [4.78, 5) is 40.1. The molecule has 0 saturated heterocycles. The molecule has 0 unspecified atom stereocenters. The van der Waals surface area contributed by atoms with Gasteiger partial charge in [0, 0.05) is 13.1 Å². The predicted octanol–water partition coefficient (Wildman–Crippen LogP) is 0.460. The maximum atomic E-state index is 14.8. The Labute approximate surface area is 185 Å². The molecule has 0 fully saturated rings. The van der Waals surface area contributed by atoms with Gasteiger partial charge in [0.25, 0.3) is 15.6 Å². The first-order chi connectivity index (χ1) is 15.7. The standard InChI is InChI=1S/C20H14FN5O6S/c1-24-19(28)13-23-25(20(24)29)18-11-17(14(12-22)10-16(18)21)26(33(30,31)9-5-8-27)32-15-6-3-2-4-7-15/h2-7,10-11,13H,9H2,1H3. The number of hydrogen-bond donors (Lipinski definition) is 0. The molecule has 168 valence electrons. The number of nitrogens with zero attached hydrogens (tertiary/aromatic N) is 5. The van der Waals surface area contributed by atoms with Gasteiger partial charge in [0.15, 0.2) is 11.6 Å². The number of hydrogen-bond acceptors (Lipinski definition) is 8. The molecule has 0 aliphatic carbocycles. The molecular formula is C20H14FN5O6S. The first kappa shape index (κ1) is 23.1. The van der Waals surface area contributed by atoms with Gasteiger partial charge < -0.3 is 4.84 Å². The van der Waals surface area contributed by atoms with Crippen molar-refractivity contribution in [2.24, 2.45) is 7.05 Å². The van der Waals surface area contributed by atoms with Gasteiger partial charge in [-0.15, -0.1) is 0 Å². The minimum Gasteiger partial charge on any atom is -0.365 e. The maximum absolute atomic E-state index is 14.8. The van der Waals surface area contributed by atoms with Crippen molar-refractivity contribution in [2.45, 2.75) is 0 Å². The van der Waals surface area contributed by atoms with Crippen LogP contribution >= 0.6 is 0 Å². The molecule has 0 bridgehead atoms. The molecule has 0 radical (unpaired) electrons. The average molecular weight is 471 g/mol. The summed E-state index contributed by atoms with van der Waals surface area (Å²) in [5.41, 5.74) is -3.22. The van der Waals surface area contributed by atoms with Crippen molar-refractivity contribution in [3.05, 3.63) is 87.0 Å². The molecule has 3 aromatic rings. The van der Waals surface area contributed by atoms with Crippen LogP contribution in [0.2, 0.25) is 0 Å². The Morgan fingerprint density at radius 2 is 1.94 bits per heavy atom. The number of sulfonamides is 1. The number of nitriles is 1. The lowest BCUT2D eigenvalue weighted by molar-refractivity contribution is 0.337. The lowest BCUT2D eigenvalue weighted by Gasteiger charge is -2.24. The normalized spacial score (nSPS) is 10.7. The van der Waals surface area contributed by atoms with Gasteiger partial charge in [-0.25, -0.2) is 22.4 Å². The Hall–Kier alpha value is -4.53. The van der Waals surface area contributed by atoms with Crippen molar-refractivity contribution >= 4 is 21.7 Å². The van der Waals surface area contributed by atoms with Gasteiger partial charge in [-0.05, 0) is 24.3 Å². The summed E-state index contributed by atoms with van der Waals surface area (Å²) in [6, 6.07) is 10.8. The molecule has 13 heteroatoms. The molecule has 0 aliphatic heterocycles. The molecule has 0 aliphatic rings. The van der Waals surface area contributed by atoms with E-state index in [2.05, 4.69) is 5.10 Å². The van der Waals surface area contributed by atoms with Gasteiger partial charge in [0.1, 0.15) is 35.3 Å². The number of anilines is 1. The summed E-state index contributed by atoms with van der Waals surface area (Å²) in [5.74, 6) is -0.554. The van der Waals surface area contributed by atoms with E-state index < -0.39 is 49.8 Å². The maximum Gasteiger partial charge on any atom is 0.352 e. The van der Waals surface area contributed by atoms with E-state index in [1.807, 2.05) is 0 Å². The van der Waals surface area contributed by atoms with Crippen LogP contribution in [0, 0.1) is 17.1 Å². The molecule has 1 heterocycles. The molecule has 2 aromatic carbocycles. The summed E-state index contributed by atoms with van der Waals surface area (Å²) in [6.07, 6.45) is 1.45. The van der Waals surface area contributed by atoms with Gasteiger partial charge in [-0.2, -0.15) is 15.0 Å². The third-order valence-corrected chi connectivity index (χ3v) is 5.62. The molecule has 0 N–H and O–H groups in total. The fourth-order valence-corrected chi connectivity index (χ4v) is 3.70. The zero-order valence-corrected chi connectivity index (χ0v) is 17.7. The van der Waals surface area contributed by atoms with E-state index in [9.17, 15) is 32.5 Å². The number of rotatable bonds is 7. The number of para-hydroxylation sites is 1. The Morgan fingerprint density at radius 1 is 1.24 bits per heavy atom. The van der Waals surface area contributed by atoms with Crippen LogP contribution in [0.3, 0.4) is 0 Å². The van der Waals surface area contributed by atoms with Gasteiger partial charge in [-0.3, -0.25) is 9.36 Å². The van der Waals surface area contributed by atoms with E-state index in [1.165, 1.54) is 18.1 Å². The highest BCUT2D eigenvalue weighted by molar-refractivity contribution is 7.92. The van der Waals surface area contributed by atoms with Gasteiger partial charge >= 0.3 is 5.69 Å². The van der Waals surface area contributed by atoms with Crippen molar-refractivity contribution < 1.29 is 22.4 Å². The van der Waals surface area contributed by atoms with E-state index in [0.29, 0.717) is 25.9 Å². The zero-order chi connectivity index (χ0) is 24.2. The van der Waals surface area contributed by atoms with E-state index in [4.69, 9.17) is 4.84 Å². The van der Waals surface area contributed by atoms with Crippen molar-refractivity contribution in [1.82, 2.24) is 14.3 Å². The van der Waals surface area contributed by atoms with Gasteiger partial charge in [-0.1, -0.05) is 22.7 Å². The minimum absolute atomic E-state index is 0.0447. The fraction of sp³-hybridized carbons (Fsp3) is 0.100. The molecular weight excluding hydrogens is 457 g/mol. The Kier molecular flexibility index (Phi) is 6.53. The zero-order valence-electron chi connectivity index (χ0n) is 16.9. The topological polar surface area (TPSA) is 144 Å². The number of aromatic nitrogens is 3. The first-order valence-corrected chi connectivity index (χ1v) is 10.6. The van der Waals surface area contributed by atoms with E-state index in [0.717, 1.165) is 19.3 Å². The quantitative estimate of drug-likeness (QED) is 0.357. The van der Waals surface area contributed by atoms with Crippen molar-refractivity contribution in [3.63, 3.8) is 0 Å². The molecule has 0 atom stereocenters. The summed E-state index contributed by atoms with van der Waals surface area (Å²) in [6.45, 7) is 0. The lowest BCUT2D eigenvalue weighted by Crippen LogP contribution is -2.39. The third-order valence-electron chi connectivity index (χ3n) is 4.25. The Bertz CT molecular complexity index is 1520. The summed E-state index contributed by atoms with van der Waals surface area (Å²) in [7, 11) is -3.30. The minimum atomic E-state index is -4.45. The Morgan fingerprint density at radius 3 is 2.58 bits per heavy atom. The second-order valence-electron chi connectivity index (χ2n) is 6.40. The molecule has 0 spiro atoms. The van der Waals surface area contributed by atoms with E-state index in [-0.39, 0.29) is 5.75 Å². The average Bonchev–Trinajstić information content (AvgIpc) is 2.81. The molecule has 1 aromatic heterocycles. The Balaban J connectivity index is 2.29. The second-order valence-corrected chi connectivity index (χ2v) is 8.23. The summed E-state index contributed by atoms with van der Waals surface area (Å²) < 4.78 is 42.2. The van der Waals surface area contributed by atoms with Crippen LogP contribution in [0.25, 0.3) is 5.69 Å². The number of benzene rings is 2. The van der Waals surface area contributed by atoms with Crippen molar-refractivity contribution in [3.8, 4) is 17.5 Å². The fourth-order valence-electron chi connectivity index (χ4n) is 2.64. The van der Waals surface area contributed by atoms with E-state index >= 15 is 0 Å². The van der Waals surface area contributed by atoms with Crippen LogP contribution in [-0.4, -0.2) is 34.5 Å². The molecule has 11 nitrogen and oxygen atoms in total. The second kappa shape index (κ2) is 9.31. The van der Waals surface area contributed by atoms with Crippen LogP contribution in [0.4, 0.5) is 10.1 Å².